The molecule has 2 aromatic heterocycles. The maximum Gasteiger partial charge on any atom is 0.338 e. The fourth-order valence-electron chi connectivity index (χ4n) is 2.79. The van der Waals surface area contributed by atoms with Crippen molar-refractivity contribution >= 4 is 39.1 Å². The highest BCUT2D eigenvalue weighted by Crippen LogP contribution is 2.27. The third kappa shape index (κ3) is 3.82. The number of aryl methyl sites for hydroxylation is 2. The summed E-state index contributed by atoms with van der Waals surface area (Å²) in [6.07, 6.45) is 2.23. The van der Waals surface area contributed by atoms with Crippen molar-refractivity contribution in [2.75, 3.05) is 11.9 Å². The molecule has 0 aliphatic carbocycles. The van der Waals surface area contributed by atoms with Gasteiger partial charge in [-0.05, 0) is 44.0 Å². The molecule has 0 aliphatic heterocycles. The molecule has 2 heterocycles. The van der Waals surface area contributed by atoms with Crippen LogP contribution in [0.15, 0.2) is 35.4 Å². The zero-order chi connectivity index (χ0) is 20.3. The van der Waals surface area contributed by atoms with Crippen molar-refractivity contribution in [1.82, 2.24) is 9.55 Å². The first-order chi connectivity index (χ1) is 13.5. The second-order valence-corrected chi connectivity index (χ2v) is 7.24. The second-order valence-electron chi connectivity index (χ2n) is 6.24. The van der Waals surface area contributed by atoms with Gasteiger partial charge < -0.3 is 10.1 Å². The maximum atomic E-state index is 12.8. The van der Waals surface area contributed by atoms with Crippen LogP contribution in [-0.4, -0.2) is 28.0 Å². The standard InChI is InChI=1S/C20H21N3O4S/c1-4-9-27-20(26)13-7-6-8-14(10-13)22-17(24)16-12(3)15-18(28-16)21-11-23(5-2)19(15)25/h6-8,10-11H,4-5,9H2,1-3H3,(H,22,24). The third-order valence-electron chi connectivity index (χ3n) is 4.26. The minimum atomic E-state index is -0.430. The minimum absolute atomic E-state index is 0.152. The first-order valence-corrected chi connectivity index (χ1v) is 9.85. The zero-order valence-electron chi connectivity index (χ0n) is 15.9. The van der Waals surface area contributed by atoms with E-state index in [-0.39, 0.29) is 11.5 Å². The van der Waals surface area contributed by atoms with E-state index >= 15 is 0 Å². The fraction of sp³-hybridized carbons (Fsp3) is 0.300. The molecule has 0 bridgehead atoms. The van der Waals surface area contributed by atoms with E-state index in [0.717, 1.165) is 6.42 Å². The van der Waals surface area contributed by atoms with Gasteiger partial charge in [-0.1, -0.05) is 13.0 Å². The van der Waals surface area contributed by atoms with Crippen LogP contribution < -0.4 is 10.9 Å². The van der Waals surface area contributed by atoms with Crippen LogP contribution in [0.5, 0.6) is 0 Å². The van der Waals surface area contributed by atoms with E-state index in [9.17, 15) is 14.4 Å². The molecular weight excluding hydrogens is 378 g/mol. The Labute approximate surface area is 166 Å². The molecule has 3 rings (SSSR count). The molecule has 0 aliphatic rings. The normalized spacial score (nSPS) is 10.8. The van der Waals surface area contributed by atoms with Crippen molar-refractivity contribution in [3.05, 3.63) is 57.0 Å². The van der Waals surface area contributed by atoms with Gasteiger partial charge in [0.15, 0.2) is 0 Å². The zero-order valence-corrected chi connectivity index (χ0v) is 16.8. The first-order valence-electron chi connectivity index (χ1n) is 9.03. The molecular formula is C20H21N3O4S. The van der Waals surface area contributed by atoms with Crippen LogP contribution in [0.1, 0.15) is 45.9 Å². The number of ether oxygens (including phenoxy) is 1. The molecule has 0 unspecified atom stereocenters. The predicted molar refractivity (Wildman–Crippen MR) is 109 cm³/mol. The molecule has 0 saturated carbocycles. The fourth-order valence-corrected chi connectivity index (χ4v) is 3.83. The number of carbonyl (C=O) groups excluding carboxylic acids is 2. The molecule has 0 fully saturated rings. The van der Waals surface area contributed by atoms with Gasteiger partial charge in [0.1, 0.15) is 4.83 Å². The summed E-state index contributed by atoms with van der Waals surface area (Å²) in [5, 5.41) is 3.26. The van der Waals surface area contributed by atoms with Crippen molar-refractivity contribution in [3.63, 3.8) is 0 Å². The van der Waals surface area contributed by atoms with Gasteiger partial charge in [-0.15, -0.1) is 11.3 Å². The van der Waals surface area contributed by atoms with Crippen LogP contribution in [0.3, 0.4) is 0 Å². The van der Waals surface area contributed by atoms with Crippen molar-refractivity contribution in [1.29, 1.82) is 0 Å². The number of esters is 1. The smallest absolute Gasteiger partial charge is 0.338 e. The lowest BCUT2D eigenvalue weighted by atomic mass is 10.2. The van der Waals surface area contributed by atoms with Crippen molar-refractivity contribution in [2.45, 2.75) is 33.7 Å². The maximum absolute atomic E-state index is 12.8. The molecule has 1 N–H and O–H groups in total. The highest BCUT2D eigenvalue weighted by atomic mass is 32.1. The molecule has 0 atom stereocenters. The molecule has 3 aromatic rings. The topological polar surface area (TPSA) is 90.3 Å². The summed E-state index contributed by atoms with van der Waals surface area (Å²) in [7, 11) is 0. The van der Waals surface area contributed by atoms with Crippen molar-refractivity contribution in [2.24, 2.45) is 0 Å². The molecule has 1 amide bonds. The number of nitrogens with zero attached hydrogens (tertiary/aromatic N) is 2. The number of thiophene rings is 1. The number of amides is 1. The van der Waals surface area contributed by atoms with Crippen LogP contribution in [0.4, 0.5) is 5.69 Å². The van der Waals surface area contributed by atoms with Crippen LogP contribution >= 0.6 is 11.3 Å². The summed E-state index contributed by atoms with van der Waals surface area (Å²) in [6, 6.07) is 6.58. The van der Waals surface area contributed by atoms with Gasteiger partial charge in [0.25, 0.3) is 11.5 Å². The number of benzene rings is 1. The van der Waals surface area contributed by atoms with Crippen LogP contribution in [-0.2, 0) is 11.3 Å². The summed E-state index contributed by atoms with van der Waals surface area (Å²) < 4.78 is 6.63. The molecule has 0 saturated heterocycles. The lowest BCUT2D eigenvalue weighted by molar-refractivity contribution is 0.0505. The van der Waals surface area contributed by atoms with E-state index in [1.165, 1.54) is 22.2 Å². The van der Waals surface area contributed by atoms with Gasteiger partial charge in [0.05, 0.1) is 28.8 Å². The largest absolute Gasteiger partial charge is 0.462 e. The van der Waals surface area contributed by atoms with Gasteiger partial charge in [-0.25, -0.2) is 9.78 Å². The molecule has 146 valence electrons. The lowest BCUT2D eigenvalue weighted by Gasteiger charge is -2.07. The number of carbonyl (C=O) groups is 2. The number of hydrogen-bond acceptors (Lipinski definition) is 6. The highest BCUT2D eigenvalue weighted by Gasteiger charge is 2.19. The van der Waals surface area contributed by atoms with Crippen LogP contribution in [0.25, 0.3) is 10.2 Å². The number of anilines is 1. The highest BCUT2D eigenvalue weighted by molar-refractivity contribution is 7.20. The number of fused-ring (bicyclic) bond motifs is 1. The van der Waals surface area contributed by atoms with Crippen molar-refractivity contribution < 1.29 is 14.3 Å². The molecule has 0 spiro atoms. The van der Waals surface area contributed by atoms with E-state index in [1.54, 1.807) is 31.2 Å². The quantitative estimate of drug-likeness (QED) is 0.640. The Balaban J connectivity index is 1.88. The lowest BCUT2D eigenvalue weighted by Crippen LogP contribution is -2.19. The van der Waals surface area contributed by atoms with E-state index in [1.807, 2.05) is 13.8 Å². The van der Waals surface area contributed by atoms with Gasteiger partial charge in [-0.2, -0.15) is 0 Å². The number of hydrogen-bond donors (Lipinski definition) is 1. The Morgan fingerprint density at radius 2 is 2.07 bits per heavy atom. The summed E-state index contributed by atoms with van der Waals surface area (Å²) in [5.41, 5.74) is 1.30. The third-order valence-corrected chi connectivity index (χ3v) is 5.46. The Morgan fingerprint density at radius 1 is 1.29 bits per heavy atom. The van der Waals surface area contributed by atoms with Crippen LogP contribution in [0, 0.1) is 6.92 Å². The Morgan fingerprint density at radius 3 is 2.79 bits per heavy atom. The van der Waals surface area contributed by atoms with Gasteiger partial charge in [-0.3, -0.25) is 14.2 Å². The summed E-state index contributed by atoms with van der Waals surface area (Å²) >= 11 is 1.18. The number of rotatable bonds is 6. The van der Waals surface area contributed by atoms with Gasteiger partial charge >= 0.3 is 5.97 Å². The first kappa shape index (κ1) is 19.8. The Kier molecular flexibility index (Phi) is 5.89. The van der Waals surface area contributed by atoms with E-state index in [4.69, 9.17) is 4.74 Å². The van der Waals surface area contributed by atoms with E-state index in [2.05, 4.69) is 10.3 Å². The summed E-state index contributed by atoms with van der Waals surface area (Å²) in [5.74, 6) is -0.776. The van der Waals surface area contributed by atoms with Gasteiger partial charge in [0, 0.05) is 12.2 Å². The average Bonchev–Trinajstić information content (AvgIpc) is 3.04. The van der Waals surface area contributed by atoms with Gasteiger partial charge in [0.2, 0.25) is 0 Å². The molecule has 1 aromatic carbocycles. The molecule has 0 radical (unpaired) electrons. The monoisotopic (exact) mass is 399 g/mol. The van der Waals surface area contributed by atoms with E-state index in [0.29, 0.717) is 45.1 Å². The molecule has 28 heavy (non-hydrogen) atoms. The number of nitrogens with one attached hydrogen (secondary N) is 1. The predicted octanol–water partition coefficient (Wildman–Crippen LogP) is 3.61. The second kappa shape index (κ2) is 8.35. The Bertz CT molecular complexity index is 1100. The van der Waals surface area contributed by atoms with Crippen LogP contribution in [0.2, 0.25) is 0 Å². The molecule has 8 heteroatoms. The summed E-state index contributed by atoms with van der Waals surface area (Å²) in [6.45, 7) is 6.39. The van der Waals surface area contributed by atoms with E-state index < -0.39 is 5.97 Å². The Hall–Kier alpha value is -3.00. The van der Waals surface area contributed by atoms with Crippen molar-refractivity contribution in [3.8, 4) is 0 Å². The summed E-state index contributed by atoms with van der Waals surface area (Å²) in [4.78, 5) is 42.5. The molecule has 7 nitrogen and oxygen atoms in total. The minimum Gasteiger partial charge on any atom is -0.462 e. The average molecular weight is 399 g/mol. The number of aromatic nitrogens is 2. The SMILES string of the molecule is CCCOC(=O)c1cccc(NC(=O)c2sc3ncn(CC)c(=O)c3c2C)c1.